The summed E-state index contributed by atoms with van der Waals surface area (Å²) in [6.45, 7) is 0.644. The number of hydrogen-bond acceptors (Lipinski definition) is 3. The predicted molar refractivity (Wildman–Crippen MR) is 58.1 cm³/mol. The van der Waals surface area contributed by atoms with E-state index in [1.165, 1.54) is 7.11 Å². The molecule has 1 atom stereocenters. The van der Waals surface area contributed by atoms with Crippen molar-refractivity contribution in [3.05, 3.63) is 0 Å². The van der Waals surface area contributed by atoms with Crippen LogP contribution in [0.2, 0.25) is 0 Å². The van der Waals surface area contributed by atoms with E-state index in [4.69, 9.17) is 4.74 Å². The normalized spacial score (nSPS) is 23.3. The first-order valence-corrected chi connectivity index (χ1v) is 4.93. The van der Waals surface area contributed by atoms with Crippen LogP contribution in [0.4, 0.5) is 8.78 Å². The number of rotatable bonds is 4. The van der Waals surface area contributed by atoms with Gasteiger partial charge in [0, 0.05) is 13.7 Å². The maximum Gasteiger partial charge on any atom is 0.271 e. The lowest BCUT2D eigenvalue weighted by molar-refractivity contribution is -0.142. The number of methoxy groups -OCH3 is 1. The Morgan fingerprint density at radius 2 is 2.31 bits per heavy atom. The molecule has 1 unspecified atom stereocenters. The van der Waals surface area contributed by atoms with Gasteiger partial charge in [-0.25, -0.2) is 8.78 Å². The molecule has 0 saturated carbocycles. The van der Waals surface area contributed by atoms with Crippen LogP contribution in [-0.4, -0.2) is 45.2 Å². The Bertz CT molecular complexity index is 230. The molecule has 0 aromatic carbocycles. The summed E-state index contributed by atoms with van der Waals surface area (Å²) in [6.07, 6.45) is 0.172. The van der Waals surface area contributed by atoms with E-state index in [1.54, 1.807) is 0 Å². The van der Waals surface area contributed by atoms with Crippen LogP contribution in [0.25, 0.3) is 0 Å². The summed E-state index contributed by atoms with van der Waals surface area (Å²) in [5.41, 5.74) is 0. The van der Waals surface area contributed by atoms with Crippen molar-refractivity contribution in [3.63, 3.8) is 0 Å². The monoisotopic (exact) mass is 258 g/mol. The Balaban J connectivity index is 0.00000225. The van der Waals surface area contributed by atoms with Gasteiger partial charge in [0.15, 0.2) is 0 Å². The average Bonchev–Trinajstić information content (AvgIpc) is 2.17. The van der Waals surface area contributed by atoms with Crippen molar-refractivity contribution in [2.24, 2.45) is 5.92 Å². The van der Waals surface area contributed by atoms with Crippen LogP contribution in [-0.2, 0) is 9.53 Å². The van der Waals surface area contributed by atoms with Crippen molar-refractivity contribution in [1.82, 2.24) is 10.6 Å². The minimum absolute atomic E-state index is 0. The van der Waals surface area contributed by atoms with Crippen molar-refractivity contribution >= 4 is 18.3 Å². The zero-order valence-corrected chi connectivity index (χ0v) is 9.91. The minimum atomic E-state index is -2.95. The molecule has 4 nitrogen and oxygen atoms in total. The molecule has 0 radical (unpaired) electrons. The number of carbonyl (C=O) groups is 1. The summed E-state index contributed by atoms with van der Waals surface area (Å²) in [6, 6.07) is 0. The maximum absolute atomic E-state index is 13.3. The number of hydrogen-bond donors (Lipinski definition) is 2. The Morgan fingerprint density at radius 3 is 2.88 bits per heavy atom. The van der Waals surface area contributed by atoms with Gasteiger partial charge < -0.3 is 15.4 Å². The highest BCUT2D eigenvalue weighted by atomic mass is 35.5. The van der Waals surface area contributed by atoms with Crippen LogP contribution in [0.3, 0.4) is 0 Å². The Hall–Kier alpha value is -0.460. The highest BCUT2D eigenvalue weighted by Gasteiger charge is 2.45. The lowest BCUT2D eigenvalue weighted by Gasteiger charge is -2.30. The van der Waals surface area contributed by atoms with Crippen LogP contribution < -0.4 is 10.6 Å². The molecule has 2 N–H and O–H groups in total. The van der Waals surface area contributed by atoms with Gasteiger partial charge in [-0.15, -0.1) is 12.4 Å². The highest BCUT2D eigenvalue weighted by molar-refractivity contribution is 5.85. The van der Waals surface area contributed by atoms with E-state index < -0.39 is 24.3 Å². The molecule has 0 aliphatic carbocycles. The van der Waals surface area contributed by atoms with Gasteiger partial charge in [-0.3, -0.25) is 4.79 Å². The van der Waals surface area contributed by atoms with Gasteiger partial charge in [0.05, 0.1) is 13.2 Å². The van der Waals surface area contributed by atoms with E-state index in [2.05, 4.69) is 10.6 Å². The largest absolute Gasteiger partial charge is 0.383 e. The summed E-state index contributed by atoms with van der Waals surface area (Å²) >= 11 is 0. The van der Waals surface area contributed by atoms with Gasteiger partial charge in [-0.1, -0.05) is 0 Å². The second kappa shape index (κ2) is 6.98. The fraction of sp³-hybridized carbons (Fsp3) is 0.889. The predicted octanol–water partition coefficient (Wildman–Crippen LogP) is 0.416. The topological polar surface area (TPSA) is 50.4 Å². The average molecular weight is 259 g/mol. The maximum atomic E-state index is 13.3. The Morgan fingerprint density at radius 1 is 1.62 bits per heavy atom. The molecule has 1 aliphatic heterocycles. The zero-order chi connectivity index (χ0) is 11.3. The Kier molecular flexibility index (Phi) is 6.78. The van der Waals surface area contributed by atoms with Crippen LogP contribution in [0.5, 0.6) is 0 Å². The molecule has 7 heteroatoms. The summed E-state index contributed by atoms with van der Waals surface area (Å²) in [5, 5.41) is 5.01. The van der Waals surface area contributed by atoms with E-state index in [9.17, 15) is 13.6 Å². The molecule has 1 fully saturated rings. The minimum Gasteiger partial charge on any atom is -0.383 e. The summed E-state index contributed by atoms with van der Waals surface area (Å²) in [7, 11) is 1.49. The quantitative estimate of drug-likeness (QED) is 0.719. The summed E-state index contributed by atoms with van der Waals surface area (Å²) in [4.78, 5) is 11.4. The number of alkyl halides is 2. The molecule has 96 valence electrons. The van der Waals surface area contributed by atoms with Crippen LogP contribution >= 0.6 is 12.4 Å². The molecule has 0 aromatic heterocycles. The first-order chi connectivity index (χ1) is 7.08. The lowest BCUT2D eigenvalue weighted by Crippen LogP contribution is -2.52. The van der Waals surface area contributed by atoms with Crippen molar-refractivity contribution in [1.29, 1.82) is 0 Å². The van der Waals surface area contributed by atoms with Gasteiger partial charge in [-0.05, 0) is 13.0 Å². The second-order valence-electron chi connectivity index (χ2n) is 3.56. The molecule has 0 spiro atoms. The molecule has 0 aromatic rings. The van der Waals surface area contributed by atoms with Crippen LogP contribution in [0.15, 0.2) is 0 Å². The van der Waals surface area contributed by atoms with Crippen molar-refractivity contribution < 1.29 is 18.3 Å². The van der Waals surface area contributed by atoms with Crippen molar-refractivity contribution in [2.45, 2.75) is 12.3 Å². The standard InChI is InChI=1S/C9H16F2N2O2.ClH/c1-15-5-4-13-8(14)7-2-3-12-6-9(7,10)11;/h7,12H,2-6H2,1H3,(H,13,14);1H. The first kappa shape index (κ1) is 15.5. The number of halogens is 3. The van der Waals surface area contributed by atoms with Crippen LogP contribution in [0, 0.1) is 5.92 Å². The van der Waals surface area contributed by atoms with Gasteiger partial charge in [0.25, 0.3) is 5.92 Å². The molecule has 16 heavy (non-hydrogen) atoms. The first-order valence-electron chi connectivity index (χ1n) is 4.93. The van der Waals surface area contributed by atoms with E-state index >= 15 is 0 Å². The fourth-order valence-corrected chi connectivity index (χ4v) is 1.56. The number of nitrogens with one attached hydrogen (secondary N) is 2. The lowest BCUT2D eigenvalue weighted by atomic mass is 9.93. The number of ether oxygens (including phenoxy) is 1. The molecular weight excluding hydrogens is 242 g/mol. The molecule has 1 aliphatic rings. The van der Waals surface area contributed by atoms with E-state index in [1.807, 2.05) is 0 Å². The third-order valence-electron chi connectivity index (χ3n) is 2.40. The number of carbonyl (C=O) groups excluding carboxylic acids is 1. The van der Waals surface area contributed by atoms with E-state index in [0.717, 1.165) is 0 Å². The highest BCUT2D eigenvalue weighted by Crippen LogP contribution is 2.29. The molecular formula is C9H17ClF2N2O2. The molecule has 0 bridgehead atoms. The fourth-order valence-electron chi connectivity index (χ4n) is 1.56. The summed E-state index contributed by atoms with van der Waals surface area (Å²) in [5.74, 6) is -4.75. The number of amides is 1. The zero-order valence-electron chi connectivity index (χ0n) is 9.09. The molecule has 1 heterocycles. The molecule has 1 amide bonds. The van der Waals surface area contributed by atoms with E-state index in [0.29, 0.717) is 13.2 Å². The summed E-state index contributed by atoms with van der Waals surface area (Å²) < 4.78 is 31.3. The second-order valence-corrected chi connectivity index (χ2v) is 3.56. The van der Waals surface area contributed by atoms with Gasteiger partial charge in [-0.2, -0.15) is 0 Å². The van der Waals surface area contributed by atoms with Gasteiger partial charge in [0.1, 0.15) is 5.92 Å². The molecule has 1 rings (SSSR count). The van der Waals surface area contributed by atoms with Crippen molar-refractivity contribution in [3.8, 4) is 0 Å². The van der Waals surface area contributed by atoms with E-state index in [-0.39, 0.29) is 25.4 Å². The number of piperidine rings is 1. The third kappa shape index (κ3) is 4.19. The Labute approximate surface area is 99.5 Å². The van der Waals surface area contributed by atoms with Crippen molar-refractivity contribution in [2.75, 3.05) is 33.4 Å². The van der Waals surface area contributed by atoms with Crippen LogP contribution in [0.1, 0.15) is 6.42 Å². The SMILES string of the molecule is COCCNC(=O)C1CCNCC1(F)F.Cl. The van der Waals surface area contributed by atoms with Gasteiger partial charge >= 0.3 is 0 Å². The molecule has 1 saturated heterocycles. The van der Waals surface area contributed by atoms with Gasteiger partial charge in [0.2, 0.25) is 5.91 Å². The smallest absolute Gasteiger partial charge is 0.271 e. The third-order valence-corrected chi connectivity index (χ3v) is 2.40.